The summed E-state index contributed by atoms with van der Waals surface area (Å²) in [6, 6.07) is 23.6. The first-order valence-corrected chi connectivity index (χ1v) is 16.0. The van der Waals surface area contributed by atoms with Gasteiger partial charge in [0.2, 0.25) is 11.8 Å². The van der Waals surface area contributed by atoms with Crippen molar-refractivity contribution in [3.8, 4) is 11.1 Å². The number of methoxy groups -OCH3 is 1. The zero-order valence-corrected chi connectivity index (χ0v) is 24.6. The minimum Gasteiger partial charge on any atom is -0.467 e. The van der Waals surface area contributed by atoms with Crippen LogP contribution in [0.2, 0.25) is 0 Å². The molecule has 9 nitrogen and oxygen atoms in total. The van der Waals surface area contributed by atoms with Crippen LogP contribution in [0.1, 0.15) is 22.6 Å². The maximum absolute atomic E-state index is 13.8. The van der Waals surface area contributed by atoms with Crippen LogP contribution in [0.15, 0.2) is 78.9 Å². The Morgan fingerprint density at radius 3 is 2.19 bits per heavy atom. The van der Waals surface area contributed by atoms with Crippen LogP contribution in [0.25, 0.3) is 11.1 Å². The maximum Gasteiger partial charge on any atom is 0.407 e. The van der Waals surface area contributed by atoms with Gasteiger partial charge in [-0.2, -0.15) is 0 Å². The van der Waals surface area contributed by atoms with E-state index in [0.29, 0.717) is 0 Å². The monoisotopic (exact) mass is 605 g/mol. The average Bonchev–Trinajstić information content (AvgIpc) is 3.32. The molecule has 0 aromatic heterocycles. The number of fused-ring (bicyclic) bond motifs is 3. The Hall–Kier alpha value is -3.96. The number of benzene rings is 3. The van der Waals surface area contributed by atoms with Crippen LogP contribution in [0.5, 0.6) is 0 Å². The zero-order valence-electron chi connectivity index (χ0n) is 23.0. The highest BCUT2D eigenvalue weighted by molar-refractivity contribution is 8.76. The molecule has 3 aromatic carbocycles. The van der Waals surface area contributed by atoms with E-state index in [2.05, 4.69) is 22.8 Å². The van der Waals surface area contributed by atoms with Crippen LogP contribution in [0.3, 0.4) is 0 Å². The van der Waals surface area contributed by atoms with Gasteiger partial charge in [0, 0.05) is 24.0 Å². The molecule has 3 aromatic rings. The minimum absolute atomic E-state index is 0.111. The third-order valence-electron chi connectivity index (χ3n) is 7.17. The number of ether oxygens (including phenoxy) is 2. The lowest BCUT2D eigenvalue weighted by atomic mass is 9.98. The molecule has 11 heteroatoms. The van der Waals surface area contributed by atoms with Gasteiger partial charge in [0.05, 0.1) is 13.7 Å². The largest absolute Gasteiger partial charge is 0.467 e. The number of carbonyl (C=O) groups is 4. The van der Waals surface area contributed by atoms with Gasteiger partial charge in [-0.05, 0) is 27.8 Å². The summed E-state index contributed by atoms with van der Waals surface area (Å²) >= 11 is 0. The molecule has 1 aliphatic carbocycles. The molecule has 1 fully saturated rings. The molecule has 5 rings (SSSR count). The second-order valence-corrected chi connectivity index (χ2v) is 12.5. The fourth-order valence-corrected chi connectivity index (χ4v) is 7.45. The molecule has 0 spiro atoms. The highest BCUT2D eigenvalue weighted by Crippen LogP contribution is 2.44. The summed E-state index contributed by atoms with van der Waals surface area (Å²) < 4.78 is 10.5. The number of hydrogen-bond donors (Lipinski definition) is 2. The van der Waals surface area contributed by atoms with Crippen molar-refractivity contribution in [2.75, 3.05) is 31.8 Å². The predicted octanol–water partition coefficient (Wildman–Crippen LogP) is 3.98. The van der Waals surface area contributed by atoms with Crippen LogP contribution in [-0.4, -0.2) is 72.6 Å². The lowest BCUT2D eigenvalue weighted by Crippen LogP contribution is -2.53. The molecule has 218 valence electrons. The van der Waals surface area contributed by atoms with Crippen molar-refractivity contribution in [3.05, 3.63) is 95.6 Å². The van der Waals surface area contributed by atoms with Crippen LogP contribution < -0.4 is 10.6 Å². The van der Waals surface area contributed by atoms with E-state index >= 15 is 0 Å². The Morgan fingerprint density at radius 2 is 1.52 bits per heavy atom. The molecule has 1 aliphatic heterocycles. The fraction of sp³-hybridized carbons (Fsp3) is 0.290. The van der Waals surface area contributed by atoms with E-state index < -0.39 is 36.0 Å². The Balaban J connectivity index is 1.31. The SMILES string of the molecule is COC(=O)C1CSSC[C@H](NC(=O)OCC2c3ccccc3-c3ccccc32)C(=O)N(Cc2ccccc2)CC(=O)N1. The van der Waals surface area contributed by atoms with Crippen LogP contribution in [0.4, 0.5) is 4.79 Å². The fourth-order valence-electron chi connectivity index (χ4n) is 5.15. The quantitative estimate of drug-likeness (QED) is 0.321. The Kier molecular flexibility index (Phi) is 9.70. The van der Waals surface area contributed by atoms with E-state index in [4.69, 9.17) is 9.47 Å². The molecule has 1 heterocycles. The van der Waals surface area contributed by atoms with E-state index in [9.17, 15) is 19.2 Å². The van der Waals surface area contributed by atoms with Crippen molar-refractivity contribution in [2.24, 2.45) is 0 Å². The summed E-state index contributed by atoms with van der Waals surface area (Å²) in [4.78, 5) is 53.4. The number of carbonyl (C=O) groups excluding carboxylic acids is 4. The minimum atomic E-state index is -0.954. The highest BCUT2D eigenvalue weighted by Gasteiger charge is 2.33. The van der Waals surface area contributed by atoms with Crippen molar-refractivity contribution in [3.63, 3.8) is 0 Å². The molecular weight excluding hydrogens is 574 g/mol. The Morgan fingerprint density at radius 1 is 0.905 bits per heavy atom. The van der Waals surface area contributed by atoms with Crippen molar-refractivity contribution in [1.82, 2.24) is 15.5 Å². The normalized spacial score (nSPS) is 19.1. The topological polar surface area (TPSA) is 114 Å². The number of esters is 1. The summed E-state index contributed by atoms with van der Waals surface area (Å²) in [7, 11) is 3.89. The second kappa shape index (κ2) is 13.8. The molecule has 2 atom stereocenters. The van der Waals surface area contributed by atoms with Gasteiger partial charge in [0.25, 0.3) is 0 Å². The summed E-state index contributed by atoms with van der Waals surface area (Å²) in [6.45, 7) is -0.0320. The number of amides is 3. The Labute approximate surface area is 252 Å². The molecule has 2 aliphatic rings. The molecule has 1 unspecified atom stereocenters. The first-order chi connectivity index (χ1) is 20.4. The molecule has 0 saturated carbocycles. The predicted molar refractivity (Wildman–Crippen MR) is 163 cm³/mol. The first-order valence-electron chi connectivity index (χ1n) is 13.5. The average molecular weight is 606 g/mol. The van der Waals surface area contributed by atoms with Crippen molar-refractivity contribution in [2.45, 2.75) is 24.5 Å². The van der Waals surface area contributed by atoms with Crippen molar-refractivity contribution in [1.29, 1.82) is 0 Å². The van der Waals surface area contributed by atoms with Crippen LogP contribution in [0, 0.1) is 0 Å². The van der Waals surface area contributed by atoms with E-state index in [-0.39, 0.29) is 37.1 Å². The van der Waals surface area contributed by atoms with E-state index in [0.717, 1.165) is 27.8 Å². The summed E-state index contributed by atoms with van der Waals surface area (Å²) in [5.41, 5.74) is 5.23. The van der Waals surface area contributed by atoms with E-state index in [1.807, 2.05) is 66.7 Å². The number of rotatable bonds is 6. The third-order valence-corrected chi connectivity index (χ3v) is 9.59. The first kappa shape index (κ1) is 29.5. The number of nitrogens with zero attached hydrogens (tertiary/aromatic N) is 1. The molecule has 1 saturated heterocycles. The van der Waals surface area contributed by atoms with E-state index in [1.54, 1.807) is 0 Å². The number of nitrogens with one attached hydrogen (secondary N) is 2. The Bertz CT molecular complexity index is 1410. The lowest BCUT2D eigenvalue weighted by molar-refractivity contribution is -0.145. The van der Waals surface area contributed by atoms with Gasteiger partial charge in [0.1, 0.15) is 18.7 Å². The molecule has 0 bridgehead atoms. The summed E-state index contributed by atoms with van der Waals surface area (Å²) in [5, 5.41) is 5.41. The van der Waals surface area contributed by atoms with Crippen molar-refractivity contribution < 1.29 is 28.7 Å². The molecule has 3 amide bonds. The van der Waals surface area contributed by atoms with Gasteiger partial charge in [-0.1, -0.05) is 100 Å². The zero-order chi connectivity index (χ0) is 29.5. The second-order valence-electron chi connectivity index (χ2n) is 9.91. The molecular formula is C31H31N3O6S2. The van der Waals surface area contributed by atoms with Gasteiger partial charge in [-0.3, -0.25) is 9.59 Å². The van der Waals surface area contributed by atoms with Crippen molar-refractivity contribution >= 4 is 45.5 Å². The summed E-state index contributed by atoms with van der Waals surface area (Å²) in [6.07, 6.45) is -0.716. The lowest BCUT2D eigenvalue weighted by Gasteiger charge is -2.27. The van der Waals surface area contributed by atoms with Crippen LogP contribution in [-0.2, 0) is 30.4 Å². The van der Waals surface area contributed by atoms with Gasteiger partial charge in [0.15, 0.2) is 0 Å². The standard InChI is InChI=1S/C31H31N3O6S2/c1-39-30(37)27-19-42-41-18-26(29(36)34(16-28(35)32-27)15-20-9-3-2-4-10-20)33-31(38)40-17-25-23-13-7-5-11-21(23)22-12-6-8-14-24(22)25/h2-14,25-27H,15-19H2,1H3,(H,32,35)(H,33,38)/t26-,27?/m0/s1. The maximum atomic E-state index is 13.8. The molecule has 0 radical (unpaired) electrons. The highest BCUT2D eigenvalue weighted by atomic mass is 33.1. The van der Waals surface area contributed by atoms with Gasteiger partial charge < -0.3 is 25.0 Å². The third kappa shape index (κ3) is 6.91. The van der Waals surface area contributed by atoms with Gasteiger partial charge >= 0.3 is 12.1 Å². The van der Waals surface area contributed by atoms with Gasteiger partial charge in [-0.25, -0.2) is 9.59 Å². The molecule has 2 N–H and O–H groups in total. The van der Waals surface area contributed by atoms with Gasteiger partial charge in [-0.15, -0.1) is 0 Å². The van der Waals surface area contributed by atoms with E-state index in [1.165, 1.54) is 33.6 Å². The molecule has 42 heavy (non-hydrogen) atoms. The number of alkyl carbamates (subject to hydrolysis) is 1. The number of hydrogen-bond acceptors (Lipinski definition) is 8. The smallest absolute Gasteiger partial charge is 0.407 e. The summed E-state index contributed by atoms with van der Waals surface area (Å²) in [5.74, 6) is -1.15. The van der Waals surface area contributed by atoms with Crippen LogP contribution >= 0.6 is 21.6 Å².